The quantitative estimate of drug-likeness (QED) is 0.796. The molecule has 0 fully saturated rings. The molecule has 0 saturated carbocycles. The summed E-state index contributed by atoms with van der Waals surface area (Å²) in [5, 5.41) is 11.6. The molecule has 5 nitrogen and oxygen atoms in total. The van der Waals surface area contributed by atoms with E-state index in [-0.39, 0.29) is 12.0 Å². The van der Waals surface area contributed by atoms with Crippen molar-refractivity contribution in [3.63, 3.8) is 0 Å². The third-order valence-electron chi connectivity index (χ3n) is 2.98. The summed E-state index contributed by atoms with van der Waals surface area (Å²) < 4.78 is 14.1. The van der Waals surface area contributed by atoms with Crippen LogP contribution in [-0.4, -0.2) is 28.0 Å². The topological polar surface area (TPSA) is 79.3 Å². The Labute approximate surface area is 134 Å². The van der Waals surface area contributed by atoms with Crippen LogP contribution in [0, 0.1) is 5.82 Å². The lowest BCUT2D eigenvalue weighted by atomic mass is 10.1. The summed E-state index contributed by atoms with van der Waals surface area (Å²) >= 11 is 3.22. The Balaban J connectivity index is 2.16. The van der Waals surface area contributed by atoms with Gasteiger partial charge in [0.25, 0.3) is 5.91 Å². The Morgan fingerprint density at radius 3 is 2.64 bits per heavy atom. The van der Waals surface area contributed by atoms with Crippen LogP contribution in [0.3, 0.4) is 0 Å². The average molecular weight is 367 g/mol. The smallest absolute Gasteiger partial charge is 0.326 e. The number of halogens is 2. The molecule has 114 valence electrons. The van der Waals surface area contributed by atoms with Gasteiger partial charge in [0.2, 0.25) is 0 Å². The number of benzene rings is 1. The summed E-state index contributed by atoms with van der Waals surface area (Å²) in [7, 11) is 0. The predicted octanol–water partition coefficient (Wildman–Crippen LogP) is 2.41. The van der Waals surface area contributed by atoms with E-state index >= 15 is 0 Å². The number of rotatable bonds is 5. The highest BCUT2D eigenvalue weighted by molar-refractivity contribution is 9.10. The van der Waals surface area contributed by atoms with Crippen LogP contribution < -0.4 is 5.32 Å². The van der Waals surface area contributed by atoms with E-state index in [1.165, 1.54) is 18.2 Å². The van der Waals surface area contributed by atoms with Crippen molar-refractivity contribution in [1.29, 1.82) is 0 Å². The highest BCUT2D eigenvalue weighted by Gasteiger charge is 2.23. The number of carbonyl (C=O) groups is 2. The maximum atomic E-state index is 13.6. The Morgan fingerprint density at radius 2 is 2.00 bits per heavy atom. The van der Waals surface area contributed by atoms with Crippen molar-refractivity contribution in [2.24, 2.45) is 0 Å². The minimum Gasteiger partial charge on any atom is -0.480 e. The molecule has 1 aromatic heterocycles. The molecule has 22 heavy (non-hydrogen) atoms. The van der Waals surface area contributed by atoms with Gasteiger partial charge in [0.05, 0.1) is 5.56 Å². The first kappa shape index (κ1) is 16.1. The second-order valence-electron chi connectivity index (χ2n) is 4.50. The maximum absolute atomic E-state index is 13.6. The van der Waals surface area contributed by atoms with Crippen molar-refractivity contribution in [2.75, 3.05) is 0 Å². The zero-order chi connectivity index (χ0) is 16.1. The molecule has 0 spiro atoms. The van der Waals surface area contributed by atoms with Crippen LogP contribution >= 0.6 is 15.9 Å². The molecule has 1 amide bonds. The summed E-state index contributed by atoms with van der Waals surface area (Å²) in [5.74, 6) is -2.68. The molecule has 7 heteroatoms. The fraction of sp³-hybridized carbons (Fsp3) is 0.133. The van der Waals surface area contributed by atoms with Gasteiger partial charge in [0, 0.05) is 12.6 Å². The largest absolute Gasteiger partial charge is 0.480 e. The van der Waals surface area contributed by atoms with E-state index in [2.05, 4.69) is 26.2 Å². The standard InChI is InChI=1S/C15H12BrFN2O3/c16-13-9(4-3-7-18-13)8-12(15(21)22)19-14(20)10-5-1-2-6-11(10)17/h1-7,12H,8H2,(H,19,20)(H,21,22)/t12-/m0/s1. The molecule has 2 rings (SSSR count). The maximum Gasteiger partial charge on any atom is 0.326 e. The van der Waals surface area contributed by atoms with Crippen LogP contribution in [0.1, 0.15) is 15.9 Å². The molecule has 1 atom stereocenters. The van der Waals surface area contributed by atoms with Crippen LogP contribution in [0.15, 0.2) is 47.2 Å². The van der Waals surface area contributed by atoms with Crippen molar-refractivity contribution in [3.8, 4) is 0 Å². The van der Waals surface area contributed by atoms with Crippen molar-refractivity contribution < 1.29 is 19.1 Å². The first-order chi connectivity index (χ1) is 10.5. The molecule has 0 radical (unpaired) electrons. The number of hydrogen-bond donors (Lipinski definition) is 2. The summed E-state index contributed by atoms with van der Waals surface area (Å²) in [4.78, 5) is 27.3. The van der Waals surface area contributed by atoms with Crippen molar-refractivity contribution in [3.05, 3.63) is 64.1 Å². The van der Waals surface area contributed by atoms with Gasteiger partial charge in [0.15, 0.2) is 0 Å². The van der Waals surface area contributed by atoms with Gasteiger partial charge >= 0.3 is 5.97 Å². The van der Waals surface area contributed by atoms with Gasteiger partial charge in [-0.15, -0.1) is 0 Å². The molecule has 0 bridgehead atoms. The van der Waals surface area contributed by atoms with Gasteiger partial charge in [-0.05, 0) is 39.7 Å². The highest BCUT2D eigenvalue weighted by atomic mass is 79.9. The number of nitrogens with zero attached hydrogens (tertiary/aromatic N) is 1. The minimum atomic E-state index is -1.21. The number of carbonyl (C=O) groups excluding carboxylic acids is 1. The molecule has 0 unspecified atom stereocenters. The third kappa shape index (κ3) is 3.88. The van der Waals surface area contributed by atoms with E-state index in [9.17, 15) is 19.1 Å². The molecule has 0 aliphatic carbocycles. The third-order valence-corrected chi connectivity index (χ3v) is 3.70. The monoisotopic (exact) mass is 366 g/mol. The van der Waals surface area contributed by atoms with Gasteiger partial charge in [-0.2, -0.15) is 0 Å². The molecular formula is C15H12BrFN2O3. The van der Waals surface area contributed by atoms with Crippen LogP contribution in [0.4, 0.5) is 4.39 Å². The number of aliphatic carboxylic acids is 1. The highest BCUT2D eigenvalue weighted by Crippen LogP contribution is 2.15. The fourth-order valence-corrected chi connectivity index (χ4v) is 2.29. The molecule has 0 aliphatic heterocycles. The zero-order valence-corrected chi connectivity index (χ0v) is 12.9. The SMILES string of the molecule is O=C(N[C@@H](Cc1cccnc1Br)C(=O)O)c1ccccc1F. The first-order valence-corrected chi connectivity index (χ1v) is 7.16. The van der Waals surface area contributed by atoms with E-state index in [4.69, 9.17) is 0 Å². The molecular weight excluding hydrogens is 355 g/mol. The van der Waals surface area contributed by atoms with Crippen molar-refractivity contribution >= 4 is 27.8 Å². The normalized spacial score (nSPS) is 11.7. The molecule has 0 aliphatic rings. The van der Waals surface area contributed by atoms with Crippen LogP contribution in [0.25, 0.3) is 0 Å². The van der Waals surface area contributed by atoms with Gasteiger partial charge in [-0.1, -0.05) is 18.2 Å². The molecule has 2 aromatic rings. The van der Waals surface area contributed by atoms with E-state index in [0.29, 0.717) is 10.2 Å². The van der Waals surface area contributed by atoms with E-state index in [0.717, 1.165) is 6.07 Å². The molecule has 2 N–H and O–H groups in total. The summed E-state index contributed by atoms with van der Waals surface area (Å²) in [5.41, 5.74) is 0.433. The summed E-state index contributed by atoms with van der Waals surface area (Å²) in [6.07, 6.45) is 1.59. The lowest BCUT2D eigenvalue weighted by Gasteiger charge is -2.15. The van der Waals surface area contributed by atoms with Gasteiger partial charge < -0.3 is 10.4 Å². The van der Waals surface area contributed by atoms with E-state index < -0.39 is 23.7 Å². The molecule has 1 heterocycles. The number of aromatic nitrogens is 1. The Bertz CT molecular complexity index is 709. The van der Waals surface area contributed by atoms with E-state index in [1.54, 1.807) is 18.3 Å². The number of carboxylic acids is 1. The minimum absolute atomic E-state index is 0.0317. The van der Waals surface area contributed by atoms with Crippen molar-refractivity contribution in [1.82, 2.24) is 10.3 Å². The van der Waals surface area contributed by atoms with Gasteiger partial charge in [-0.3, -0.25) is 4.79 Å². The first-order valence-electron chi connectivity index (χ1n) is 6.36. The number of carboxylic acid groups (broad SMARTS) is 1. The lowest BCUT2D eigenvalue weighted by Crippen LogP contribution is -2.42. The average Bonchev–Trinajstić information content (AvgIpc) is 2.49. The van der Waals surface area contributed by atoms with Crippen molar-refractivity contribution in [2.45, 2.75) is 12.5 Å². The van der Waals surface area contributed by atoms with E-state index in [1.807, 2.05) is 0 Å². The fourth-order valence-electron chi connectivity index (χ4n) is 1.87. The van der Waals surface area contributed by atoms with Crippen LogP contribution in [0.2, 0.25) is 0 Å². The number of hydrogen-bond acceptors (Lipinski definition) is 3. The molecule has 0 saturated heterocycles. The molecule has 1 aromatic carbocycles. The Kier molecular flexibility index (Phi) is 5.21. The summed E-state index contributed by atoms with van der Waals surface area (Å²) in [6.45, 7) is 0. The van der Waals surface area contributed by atoms with Crippen LogP contribution in [-0.2, 0) is 11.2 Å². The number of nitrogens with one attached hydrogen (secondary N) is 1. The Morgan fingerprint density at radius 1 is 1.27 bits per heavy atom. The second-order valence-corrected chi connectivity index (χ2v) is 5.25. The predicted molar refractivity (Wildman–Crippen MR) is 80.9 cm³/mol. The zero-order valence-electron chi connectivity index (χ0n) is 11.3. The summed E-state index contributed by atoms with van der Waals surface area (Å²) in [6, 6.07) is 7.57. The lowest BCUT2D eigenvalue weighted by molar-refractivity contribution is -0.139. The van der Waals surface area contributed by atoms with Crippen LogP contribution in [0.5, 0.6) is 0 Å². The Hall–Kier alpha value is -2.28. The van der Waals surface area contributed by atoms with Gasteiger partial charge in [0.1, 0.15) is 16.5 Å². The van der Waals surface area contributed by atoms with Gasteiger partial charge in [-0.25, -0.2) is 14.2 Å². The number of pyridine rings is 1. The second kappa shape index (κ2) is 7.13. The number of amides is 1.